The molecule has 4 aliphatic rings. The maximum atomic E-state index is 12.3. The molecule has 0 aromatic carbocycles. The van der Waals surface area contributed by atoms with Crippen LogP contribution in [0.5, 0.6) is 0 Å². The molecule has 4 atom stereocenters. The summed E-state index contributed by atoms with van der Waals surface area (Å²) in [6.45, 7) is 3.39. The van der Waals surface area contributed by atoms with Crippen molar-refractivity contribution >= 4 is 5.91 Å². The highest BCUT2D eigenvalue weighted by Crippen LogP contribution is 2.34. The zero-order valence-electron chi connectivity index (χ0n) is 13.2. The smallest absolute Gasteiger partial charge is 0.220 e. The monoisotopic (exact) mass is 291 g/mol. The van der Waals surface area contributed by atoms with Crippen LogP contribution in [-0.4, -0.2) is 47.6 Å². The van der Waals surface area contributed by atoms with Crippen LogP contribution in [0.1, 0.15) is 58.3 Å². The van der Waals surface area contributed by atoms with Gasteiger partial charge in [0.25, 0.3) is 0 Å². The first kappa shape index (κ1) is 14.0. The summed E-state index contributed by atoms with van der Waals surface area (Å²) >= 11 is 0. The number of hydrogen-bond acceptors (Lipinski definition) is 3. The molecule has 118 valence electrons. The predicted molar refractivity (Wildman–Crippen MR) is 83.0 cm³/mol. The Kier molecular flexibility index (Phi) is 3.70. The summed E-state index contributed by atoms with van der Waals surface area (Å²) in [5.41, 5.74) is 0. The Hall–Kier alpha value is -0.610. The molecule has 0 spiro atoms. The van der Waals surface area contributed by atoms with Gasteiger partial charge >= 0.3 is 0 Å². The van der Waals surface area contributed by atoms with E-state index in [9.17, 15) is 4.79 Å². The van der Waals surface area contributed by atoms with E-state index in [0.29, 0.717) is 36.0 Å². The van der Waals surface area contributed by atoms with E-state index >= 15 is 0 Å². The number of nitrogens with one attached hydrogen (secondary N) is 2. The van der Waals surface area contributed by atoms with Crippen LogP contribution in [0.3, 0.4) is 0 Å². The van der Waals surface area contributed by atoms with Gasteiger partial charge in [0.05, 0.1) is 0 Å². The number of amides is 1. The predicted octanol–water partition coefficient (Wildman–Crippen LogP) is 1.65. The van der Waals surface area contributed by atoms with E-state index in [-0.39, 0.29) is 0 Å². The number of piperidine rings is 1. The van der Waals surface area contributed by atoms with Gasteiger partial charge in [-0.3, -0.25) is 9.69 Å². The highest BCUT2D eigenvalue weighted by atomic mass is 16.1. The SMILES string of the molecule is CC1CC(NC(=O)CC2CC3CCC(C2)N3)CN1C1CC1. The summed E-state index contributed by atoms with van der Waals surface area (Å²) in [5, 5.41) is 6.98. The Balaban J connectivity index is 1.24. The Morgan fingerprint density at radius 2 is 1.86 bits per heavy atom. The quantitative estimate of drug-likeness (QED) is 0.828. The third kappa shape index (κ3) is 3.11. The summed E-state index contributed by atoms with van der Waals surface area (Å²) in [5.74, 6) is 0.915. The van der Waals surface area contributed by atoms with E-state index < -0.39 is 0 Å². The maximum absolute atomic E-state index is 12.3. The van der Waals surface area contributed by atoms with E-state index in [0.717, 1.165) is 25.4 Å². The van der Waals surface area contributed by atoms with Crippen molar-refractivity contribution in [3.05, 3.63) is 0 Å². The van der Waals surface area contributed by atoms with Gasteiger partial charge in [0, 0.05) is 43.2 Å². The fourth-order valence-electron chi connectivity index (χ4n) is 4.97. The van der Waals surface area contributed by atoms with Crippen molar-refractivity contribution in [1.82, 2.24) is 15.5 Å². The molecule has 2 bridgehead atoms. The number of nitrogens with zero attached hydrogens (tertiary/aromatic N) is 1. The Bertz CT molecular complexity index is 397. The minimum atomic E-state index is 0.302. The van der Waals surface area contributed by atoms with Crippen molar-refractivity contribution in [2.45, 2.75) is 88.5 Å². The molecule has 4 fully saturated rings. The zero-order valence-corrected chi connectivity index (χ0v) is 13.2. The molecule has 3 saturated heterocycles. The van der Waals surface area contributed by atoms with Gasteiger partial charge in [-0.05, 0) is 57.8 Å². The third-order valence-corrected chi connectivity index (χ3v) is 6.05. The van der Waals surface area contributed by atoms with Crippen LogP contribution in [0.2, 0.25) is 0 Å². The van der Waals surface area contributed by atoms with Gasteiger partial charge in [-0.1, -0.05) is 0 Å². The van der Waals surface area contributed by atoms with Crippen LogP contribution in [0, 0.1) is 5.92 Å². The van der Waals surface area contributed by atoms with Gasteiger partial charge in [-0.15, -0.1) is 0 Å². The van der Waals surface area contributed by atoms with Crippen LogP contribution in [-0.2, 0) is 4.79 Å². The fourth-order valence-corrected chi connectivity index (χ4v) is 4.97. The summed E-state index contributed by atoms with van der Waals surface area (Å²) in [6.07, 6.45) is 9.67. The van der Waals surface area contributed by atoms with E-state index in [1.807, 2.05) is 0 Å². The third-order valence-electron chi connectivity index (χ3n) is 6.05. The molecule has 0 aromatic heterocycles. The molecule has 3 heterocycles. The molecule has 4 nitrogen and oxygen atoms in total. The second-order valence-electron chi connectivity index (χ2n) is 7.96. The first-order chi connectivity index (χ1) is 10.2. The molecule has 1 amide bonds. The second kappa shape index (κ2) is 5.54. The number of carbonyl (C=O) groups excluding carboxylic acids is 1. The maximum Gasteiger partial charge on any atom is 0.220 e. The molecule has 4 heteroatoms. The molecule has 3 aliphatic heterocycles. The van der Waals surface area contributed by atoms with Gasteiger partial charge in [0.2, 0.25) is 5.91 Å². The molecule has 1 saturated carbocycles. The molecular formula is C17H29N3O. The van der Waals surface area contributed by atoms with Crippen LogP contribution >= 0.6 is 0 Å². The number of likely N-dealkylation sites (tertiary alicyclic amines) is 1. The van der Waals surface area contributed by atoms with Gasteiger partial charge < -0.3 is 10.6 Å². The van der Waals surface area contributed by atoms with Crippen molar-refractivity contribution in [1.29, 1.82) is 0 Å². The van der Waals surface area contributed by atoms with Crippen LogP contribution in [0.4, 0.5) is 0 Å². The lowest BCUT2D eigenvalue weighted by molar-refractivity contribution is -0.122. The van der Waals surface area contributed by atoms with E-state index in [2.05, 4.69) is 22.5 Å². The largest absolute Gasteiger partial charge is 0.352 e. The Labute approximate surface area is 128 Å². The highest BCUT2D eigenvalue weighted by molar-refractivity contribution is 5.76. The lowest BCUT2D eigenvalue weighted by Gasteiger charge is -2.29. The van der Waals surface area contributed by atoms with E-state index in [1.54, 1.807) is 0 Å². The minimum Gasteiger partial charge on any atom is -0.352 e. The van der Waals surface area contributed by atoms with Gasteiger partial charge in [-0.2, -0.15) is 0 Å². The van der Waals surface area contributed by atoms with Crippen molar-refractivity contribution < 1.29 is 4.79 Å². The summed E-state index contributed by atoms with van der Waals surface area (Å²) in [6, 6.07) is 3.25. The average Bonchev–Trinajstić information content (AvgIpc) is 3.13. The first-order valence-corrected chi connectivity index (χ1v) is 8.98. The van der Waals surface area contributed by atoms with Crippen molar-refractivity contribution in [2.75, 3.05) is 6.54 Å². The zero-order chi connectivity index (χ0) is 14.4. The van der Waals surface area contributed by atoms with Crippen LogP contribution < -0.4 is 10.6 Å². The van der Waals surface area contributed by atoms with E-state index in [4.69, 9.17) is 0 Å². The molecule has 21 heavy (non-hydrogen) atoms. The van der Waals surface area contributed by atoms with Gasteiger partial charge in [0.15, 0.2) is 0 Å². The molecule has 4 unspecified atom stereocenters. The van der Waals surface area contributed by atoms with Crippen LogP contribution in [0.15, 0.2) is 0 Å². The number of fused-ring (bicyclic) bond motifs is 2. The molecular weight excluding hydrogens is 262 g/mol. The van der Waals surface area contributed by atoms with Crippen molar-refractivity contribution in [3.8, 4) is 0 Å². The Morgan fingerprint density at radius 1 is 1.14 bits per heavy atom. The second-order valence-corrected chi connectivity index (χ2v) is 7.96. The first-order valence-electron chi connectivity index (χ1n) is 8.98. The van der Waals surface area contributed by atoms with Crippen LogP contribution in [0.25, 0.3) is 0 Å². The molecule has 4 rings (SSSR count). The molecule has 0 radical (unpaired) electrons. The topological polar surface area (TPSA) is 44.4 Å². The van der Waals surface area contributed by atoms with Gasteiger partial charge in [-0.25, -0.2) is 0 Å². The number of carbonyl (C=O) groups is 1. The van der Waals surface area contributed by atoms with Crippen molar-refractivity contribution in [2.24, 2.45) is 5.92 Å². The summed E-state index contributed by atoms with van der Waals surface area (Å²) in [7, 11) is 0. The fraction of sp³-hybridized carbons (Fsp3) is 0.941. The summed E-state index contributed by atoms with van der Waals surface area (Å²) in [4.78, 5) is 15.0. The Morgan fingerprint density at radius 3 is 2.52 bits per heavy atom. The molecule has 1 aliphatic carbocycles. The lowest BCUT2D eigenvalue weighted by atomic mass is 9.89. The molecule has 0 aromatic rings. The van der Waals surface area contributed by atoms with Gasteiger partial charge in [0.1, 0.15) is 0 Å². The highest BCUT2D eigenvalue weighted by Gasteiger charge is 2.39. The standard InChI is InChI=1S/C17H29N3O/c1-11-6-15(10-20(11)16-4-5-16)19-17(21)9-12-7-13-2-3-14(8-12)18-13/h11-16,18H,2-10H2,1H3,(H,19,21). The van der Waals surface area contributed by atoms with Crippen molar-refractivity contribution in [3.63, 3.8) is 0 Å². The molecule has 2 N–H and O–H groups in total. The lowest BCUT2D eigenvalue weighted by Crippen LogP contribution is -2.42. The number of hydrogen-bond donors (Lipinski definition) is 2. The summed E-state index contributed by atoms with van der Waals surface area (Å²) < 4.78 is 0. The minimum absolute atomic E-state index is 0.302. The number of rotatable bonds is 4. The average molecular weight is 291 g/mol. The van der Waals surface area contributed by atoms with E-state index in [1.165, 1.54) is 38.5 Å². The normalized spacial score (nSPS) is 43.2.